The van der Waals surface area contributed by atoms with E-state index in [0.717, 1.165) is 9.45 Å². The highest BCUT2D eigenvalue weighted by Crippen LogP contribution is 2.12. The molecule has 9 heavy (non-hydrogen) atoms. The molecule has 2 heteroatoms. The average Bonchev–Trinajstić information content (AvgIpc) is 1.88. The van der Waals surface area contributed by atoms with Gasteiger partial charge in [0, 0.05) is 9.45 Å². The molecular weight excluding hydrogens is 246 g/mol. The Morgan fingerprint density at radius 3 is 2.67 bits per heavy atom. The summed E-state index contributed by atoms with van der Waals surface area (Å²) in [6.45, 7) is 0. The fourth-order valence-electron chi connectivity index (χ4n) is 0.620. The second-order valence-corrected chi connectivity index (χ2v) is 2.96. The molecule has 0 radical (unpaired) electrons. The van der Waals surface area contributed by atoms with E-state index < -0.39 is 0 Å². The Balaban J connectivity index is 2.94. The van der Waals surface area contributed by atoms with Crippen molar-refractivity contribution in [3.8, 4) is 0 Å². The van der Waals surface area contributed by atoms with Crippen LogP contribution in [0.2, 0.25) is 5.02 Å². The first-order chi connectivity index (χ1) is 4.33. The van der Waals surface area contributed by atoms with Crippen LogP contribution in [0.4, 0.5) is 0 Å². The van der Waals surface area contributed by atoms with E-state index in [1.807, 2.05) is 18.2 Å². The van der Waals surface area contributed by atoms with Crippen LogP contribution in [0.1, 0.15) is 5.56 Å². The molecule has 0 spiro atoms. The largest absolute Gasteiger partial charge is 0.0843 e. The van der Waals surface area contributed by atoms with E-state index in [9.17, 15) is 0 Å². The molecule has 0 aromatic heterocycles. The lowest BCUT2D eigenvalue weighted by molar-refractivity contribution is 1.46. The van der Waals surface area contributed by atoms with Crippen molar-refractivity contribution in [3.63, 3.8) is 0 Å². The summed E-state index contributed by atoms with van der Waals surface area (Å²) in [4.78, 5) is 0. The van der Waals surface area contributed by atoms with E-state index in [-0.39, 0.29) is 0 Å². The Labute approximate surface area is 73.4 Å². The van der Waals surface area contributed by atoms with Crippen molar-refractivity contribution in [2.75, 3.05) is 0 Å². The molecule has 0 fully saturated rings. The van der Waals surface area contributed by atoms with Gasteiger partial charge in [-0.15, -0.1) is 0 Å². The van der Waals surface area contributed by atoms with Crippen molar-refractivity contribution in [2.45, 2.75) is 4.43 Å². The number of benzene rings is 1. The van der Waals surface area contributed by atoms with E-state index in [2.05, 4.69) is 28.7 Å². The van der Waals surface area contributed by atoms with Gasteiger partial charge < -0.3 is 0 Å². The highest BCUT2D eigenvalue weighted by atomic mass is 127. The molecule has 1 aromatic carbocycles. The smallest absolute Gasteiger partial charge is 0.0409 e. The van der Waals surface area contributed by atoms with Crippen LogP contribution in [0.5, 0.6) is 0 Å². The molecule has 0 saturated heterocycles. The van der Waals surface area contributed by atoms with Gasteiger partial charge in [0.1, 0.15) is 0 Å². The molecule has 0 unspecified atom stereocenters. The fourth-order valence-corrected chi connectivity index (χ4v) is 1.31. The third-order valence-corrected chi connectivity index (χ3v) is 2.16. The summed E-state index contributed by atoms with van der Waals surface area (Å²) in [6, 6.07) is 7.90. The molecule has 0 amide bonds. The van der Waals surface area contributed by atoms with Crippen LogP contribution in [0.15, 0.2) is 24.3 Å². The third kappa shape index (κ3) is 2.14. The molecule has 0 saturated carbocycles. The maximum atomic E-state index is 5.72. The summed E-state index contributed by atoms with van der Waals surface area (Å²) < 4.78 is 1.03. The molecule has 0 atom stereocenters. The zero-order chi connectivity index (χ0) is 6.69. The minimum absolute atomic E-state index is 0.823. The number of alkyl halides is 1. The maximum absolute atomic E-state index is 5.72. The fraction of sp³-hybridized carbons (Fsp3) is 0.143. The molecular formula is C7H6ClI. The minimum atomic E-state index is 0.823. The van der Waals surface area contributed by atoms with Crippen LogP contribution in [0, 0.1) is 0 Å². The van der Waals surface area contributed by atoms with Gasteiger partial charge in [0.25, 0.3) is 0 Å². The third-order valence-electron chi connectivity index (χ3n) is 1.04. The second kappa shape index (κ2) is 3.42. The molecule has 0 aliphatic rings. The van der Waals surface area contributed by atoms with E-state index >= 15 is 0 Å². The van der Waals surface area contributed by atoms with E-state index in [1.165, 1.54) is 5.56 Å². The van der Waals surface area contributed by atoms with Gasteiger partial charge in [-0.1, -0.05) is 46.3 Å². The van der Waals surface area contributed by atoms with Crippen LogP contribution in [0.25, 0.3) is 0 Å². The van der Waals surface area contributed by atoms with Crippen LogP contribution < -0.4 is 0 Å². The van der Waals surface area contributed by atoms with E-state index in [0.29, 0.717) is 0 Å². The predicted octanol–water partition coefficient (Wildman–Crippen LogP) is 3.28. The first kappa shape index (κ1) is 7.35. The summed E-state index contributed by atoms with van der Waals surface area (Å²) >= 11 is 8.03. The normalized spacial score (nSPS) is 9.56. The highest BCUT2D eigenvalue weighted by molar-refractivity contribution is 14.1. The van der Waals surface area contributed by atoms with E-state index in [1.54, 1.807) is 0 Å². The van der Waals surface area contributed by atoms with Crippen molar-refractivity contribution in [2.24, 2.45) is 0 Å². The summed E-state index contributed by atoms with van der Waals surface area (Å²) in [5, 5.41) is 0.823. The molecule has 0 aliphatic heterocycles. The molecule has 0 N–H and O–H groups in total. The Morgan fingerprint density at radius 1 is 1.44 bits per heavy atom. The van der Waals surface area contributed by atoms with Crippen molar-refractivity contribution >= 4 is 34.2 Å². The van der Waals surface area contributed by atoms with Crippen LogP contribution in [-0.4, -0.2) is 0 Å². The molecule has 48 valence electrons. The lowest BCUT2D eigenvalue weighted by atomic mass is 10.2. The highest BCUT2D eigenvalue weighted by Gasteiger charge is 1.88. The predicted molar refractivity (Wildman–Crippen MR) is 49.2 cm³/mol. The van der Waals surface area contributed by atoms with Crippen molar-refractivity contribution < 1.29 is 0 Å². The van der Waals surface area contributed by atoms with Gasteiger partial charge in [-0.05, 0) is 17.7 Å². The zero-order valence-electron chi connectivity index (χ0n) is 4.77. The van der Waals surface area contributed by atoms with Crippen molar-refractivity contribution in [3.05, 3.63) is 34.9 Å². The van der Waals surface area contributed by atoms with Gasteiger partial charge in [-0.25, -0.2) is 0 Å². The standard InChI is InChI=1S/C7H6ClI/c8-7-3-1-2-6(4-7)5-9/h1-4H,5H2. The lowest BCUT2D eigenvalue weighted by Crippen LogP contribution is -1.73. The summed E-state index contributed by atoms with van der Waals surface area (Å²) in [7, 11) is 0. The van der Waals surface area contributed by atoms with Crippen molar-refractivity contribution in [1.29, 1.82) is 0 Å². The number of halogens is 2. The van der Waals surface area contributed by atoms with Gasteiger partial charge in [0.15, 0.2) is 0 Å². The number of hydrogen-bond acceptors (Lipinski definition) is 0. The average molecular weight is 252 g/mol. The van der Waals surface area contributed by atoms with Crippen molar-refractivity contribution in [1.82, 2.24) is 0 Å². The first-order valence-corrected chi connectivity index (χ1v) is 4.53. The Hall–Kier alpha value is 0.240. The molecule has 1 rings (SSSR count). The van der Waals surface area contributed by atoms with Crippen LogP contribution >= 0.6 is 34.2 Å². The maximum Gasteiger partial charge on any atom is 0.0409 e. The molecule has 0 nitrogen and oxygen atoms in total. The van der Waals surface area contributed by atoms with Gasteiger partial charge in [0.2, 0.25) is 0 Å². The Bertz CT molecular complexity index is 198. The van der Waals surface area contributed by atoms with Gasteiger partial charge in [-0.3, -0.25) is 0 Å². The van der Waals surface area contributed by atoms with Gasteiger partial charge in [-0.2, -0.15) is 0 Å². The molecule has 0 heterocycles. The van der Waals surface area contributed by atoms with Crippen LogP contribution in [-0.2, 0) is 4.43 Å². The lowest BCUT2D eigenvalue weighted by Gasteiger charge is -1.92. The molecule has 0 bridgehead atoms. The topological polar surface area (TPSA) is 0 Å². The Kier molecular flexibility index (Phi) is 2.79. The number of hydrogen-bond donors (Lipinski definition) is 0. The van der Waals surface area contributed by atoms with Gasteiger partial charge >= 0.3 is 0 Å². The Morgan fingerprint density at radius 2 is 2.22 bits per heavy atom. The number of rotatable bonds is 1. The van der Waals surface area contributed by atoms with E-state index in [4.69, 9.17) is 11.6 Å². The first-order valence-electron chi connectivity index (χ1n) is 2.63. The second-order valence-electron chi connectivity index (χ2n) is 1.76. The molecule has 1 aromatic rings. The van der Waals surface area contributed by atoms with Crippen LogP contribution in [0.3, 0.4) is 0 Å². The monoisotopic (exact) mass is 252 g/mol. The van der Waals surface area contributed by atoms with Gasteiger partial charge in [0.05, 0.1) is 0 Å². The zero-order valence-corrected chi connectivity index (χ0v) is 7.69. The minimum Gasteiger partial charge on any atom is -0.0843 e. The summed E-state index contributed by atoms with van der Waals surface area (Å²) in [6.07, 6.45) is 0. The molecule has 0 aliphatic carbocycles. The quantitative estimate of drug-likeness (QED) is 0.531. The summed E-state index contributed by atoms with van der Waals surface area (Å²) in [5.41, 5.74) is 1.28. The summed E-state index contributed by atoms with van der Waals surface area (Å²) in [5.74, 6) is 0. The SMILES string of the molecule is Clc1cccc(CI)c1.